The van der Waals surface area contributed by atoms with Crippen LogP contribution in [0.4, 0.5) is 0 Å². The van der Waals surface area contributed by atoms with E-state index in [1.807, 2.05) is 6.92 Å². The van der Waals surface area contributed by atoms with Gasteiger partial charge in [0.2, 0.25) is 0 Å². The molecule has 1 aliphatic rings. The van der Waals surface area contributed by atoms with E-state index in [4.69, 9.17) is 0 Å². The van der Waals surface area contributed by atoms with Gasteiger partial charge in [0, 0.05) is 6.04 Å². The molecule has 2 heteroatoms. The van der Waals surface area contributed by atoms with Crippen molar-refractivity contribution >= 4 is 0 Å². The average molecular weight is 199 g/mol. The summed E-state index contributed by atoms with van der Waals surface area (Å²) in [5.41, 5.74) is 0.573. The smallest absolute Gasteiger partial charge is 0.0538 e. The molecule has 1 aliphatic carbocycles. The third-order valence-corrected chi connectivity index (χ3v) is 3.72. The highest BCUT2D eigenvalue weighted by molar-refractivity contribution is 4.96. The van der Waals surface area contributed by atoms with Gasteiger partial charge >= 0.3 is 0 Å². The standard InChI is InChI=1S/C12H25NO/c1-4-11(14)6-5-9-13-10(2)12(3)7-8-12/h10-11,13-14H,4-9H2,1-3H3. The van der Waals surface area contributed by atoms with Gasteiger partial charge in [0.1, 0.15) is 0 Å². The number of aliphatic hydroxyl groups excluding tert-OH is 1. The number of hydrogen-bond acceptors (Lipinski definition) is 2. The Balaban J connectivity index is 1.98. The Labute approximate surface area is 88.1 Å². The molecule has 0 aromatic carbocycles. The van der Waals surface area contributed by atoms with Crippen molar-refractivity contribution in [3.05, 3.63) is 0 Å². The van der Waals surface area contributed by atoms with E-state index < -0.39 is 0 Å². The molecule has 1 fully saturated rings. The van der Waals surface area contributed by atoms with Crippen LogP contribution in [0.15, 0.2) is 0 Å². The van der Waals surface area contributed by atoms with Crippen molar-refractivity contribution in [1.29, 1.82) is 0 Å². The molecule has 0 saturated heterocycles. The summed E-state index contributed by atoms with van der Waals surface area (Å²) in [6.45, 7) is 7.72. The van der Waals surface area contributed by atoms with E-state index in [1.165, 1.54) is 12.8 Å². The third-order valence-electron chi connectivity index (χ3n) is 3.72. The van der Waals surface area contributed by atoms with Crippen molar-refractivity contribution in [2.45, 2.75) is 65.0 Å². The summed E-state index contributed by atoms with van der Waals surface area (Å²) in [6, 6.07) is 0.640. The Kier molecular flexibility index (Phi) is 4.39. The highest BCUT2D eigenvalue weighted by Gasteiger charge is 2.41. The first-order chi connectivity index (χ1) is 6.58. The fourth-order valence-electron chi connectivity index (χ4n) is 1.74. The van der Waals surface area contributed by atoms with Gasteiger partial charge in [0.05, 0.1) is 6.10 Å². The SMILES string of the molecule is CCC(O)CCCNC(C)C1(C)CC1. The van der Waals surface area contributed by atoms with Crippen LogP contribution in [0.3, 0.4) is 0 Å². The molecule has 0 bridgehead atoms. The van der Waals surface area contributed by atoms with Gasteiger partial charge in [-0.25, -0.2) is 0 Å². The summed E-state index contributed by atoms with van der Waals surface area (Å²) in [4.78, 5) is 0. The van der Waals surface area contributed by atoms with Crippen LogP contribution in [-0.2, 0) is 0 Å². The lowest BCUT2D eigenvalue weighted by molar-refractivity contribution is 0.156. The molecule has 0 aromatic heterocycles. The molecule has 0 spiro atoms. The van der Waals surface area contributed by atoms with Crippen LogP contribution in [0.25, 0.3) is 0 Å². The van der Waals surface area contributed by atoms with Gasteiger partial charge in [-0.3, -0.25) is 0 Å². The lowest BCUT2D eigenvalue weighted by Crippen LogP contribution is -2.34. The van der Waals surface area contributed by atoms with Crippen molar-refractivity contribution in [1.82, 2.24) is 5.32 Å². The molecular formula is C12H25NO. The fourth-order valence-corrected chi connectivity index (χ4v) is 1.74. The van der Waals surface area contributed by atoms with Crippen LogP contribution >= 0.6 is 0 Å². The molecule has 0 amide bonds. The fraction of sp³-hybridized carbons (Fsp3) is 1.00. The number of aliphatic hydroxyl groups is 1. The monoisotopic (exact) mass is 199 g/mol. The molecule has 14 heavy (non-hydrogen) atoms. The largest absolute Gasteiger partial charge is 0.393 e. The lowest BCUT2D eigenvalue weighted by atomic mass is 10.0. The second-order valence-electron chi connectivity index (χ2n) is 5.03. The minimum Gasteiger partial charge on any atom is -0.393 e. The van der Waals surface area contributed by atoms with Crippen molar-refractivity contribution in [3.8, 4) is 0 Å². The summed E-state index contributed by atoms with van der Waals surface area (Å²) >= 11 is 0. The maximum Gasteiger partial charge on any atom is 0.0538 e. The Morgan fingerprint density at radius 3 is 2.57 bits per heavy atom. The van der Waals surface area contributed by atoms with E-state index in [1.54, 1.807) is 0 Å². The molecule has 0 aliphatic heterocycles. The van der Waals surface area contributed by atoms with Crippen LogP contribution < -0.4 is 5.32 Å². The first kappa shape index (κ1) is 12.0. The van der Waals surface area contributed by atoms with E-state index in [0.717, 1.165) is 25.8 Å². The third kappa shape index (κ3) is 3.58. The van der Waals surface area contributed by atoms with Crippen LogP contribution in [0, 0.1) is 5.41 Å². The molecule has 0 heterocycles. The highest BCUT2D eigenvalue weighted by atomic mass is 16.3. The summed E-state index contributed by atoms with van der Waals surface area (Å²) in [7, 11) is 0. The van der Waals surface area contributed by atoms with E-state index in [0.29, 0.717) is 11.5 Å². The van der Waals surface area contributed by atoms with Gasteiger partial charge in [-0.2, -0.15) is 0 Å². The summed E-state index contributed by atoms with van der Waals surface area (Å²) in [5, 5.41) is 12.9. The second-order valence-corrected chi connectivity index (χ2v) is 5.03. The van der Waals surface area contributed by atoms with Gasteiger partial charge < -0.3 is 10.4 Å². The Morgan fingerprint density at radius 2 is 2.07 bits per heavy atom. The minimum atomic E-state index is -0.0939. The first-order valence-corrected chi connectivity index (χ1v) is 6.00. The summed E-state index contributed by atoms with van der Waals surface area (Å²) < 4.78 is 0. The van der Waals surface area contributed by atoms with Gasteiger partial charge in [0.25, 0.3) is 0 Å². The predicted octanol–water partition coefficient (Wildman–Crippen LogP) is 2.32. The van der Waals surface area contributed by atoms with Crippen LogP contribution in [0.5, 0.6) is 0 Å². The normalized spacial score (nSPS) is 23.1. The summed E-state index contributed by atoms with van der Waals surface area (Å²) in [6.07, 6.45) is 5.57. The number of rotatable bonds is 7. The van der Waals surface area contributed by atoms with Gasteiger partial charge in [-0.15, -0.1) is 0 Å². The molecular weight excluding hydrogens is 174 g/mol. The predicted molar refractivity (Wildman–Crippen MR) is 60.3 cm³/mol. The highest BCUT2D eigenvalue weighted by Crippen LogP contribution is 2.47. The zero-order chi connectivity index (χ0) is 10.6. The molecule has 1 rings (SSSR count). The topological polar surface area (TPSA) is 32.3 Å². The van der Waals surface area contributed by atoms with Gasteiger partial charge in [-0.1, -0.05) is 13.8 Å². The average Bonchev–Trinajstić information content (AvgIpc) is 2.91. The van der Waals surface area contributed by atoms with Crippen molar-refractivity contribution in [2.24, 2.45) is 5.41 Å². The molecule has 0 radical (unpaired) electrons. The Morgan fingerprint density at radius 1 is 1.43 bits per heavy atom. The van der Waals surface area contributed by atoms with Gasteiger partial charge in [-0.05, 0) is 51.0 Å². The van der Waals surface area contributed by atoms with Crippen LogP contribution in [0.2, 0.25) is 0 Å². The van der Waals surface area contributed by atoms with E-state index in [-0.39, 0.29) is 6.10 Å². The maximum atomic E-state index is 9.37. The molecule has 0 aromatic rings. The molecule has 2 nitrogen and oxygen atoms in total. The molecule has 2 unspecified atom stereocenters. The van der Waals surface area contributed by atoms with Crippen molar-refractivity contribution in [2.75, 3.05) is 6.54 Å². The van der Waals surface area contributed by atoms with Crippen molar-refractivity contribution in [3.63, 3.8) is 0 Å². The second kappa shape index (κ2) is 5.13. The summed E-state index contributed by atoms with van der Waals surface area (Å²) in [5.74, 6) is 0. The minimum absolute atomic E-state index is 0.0939. The number of nitrogens with one attached hydrogen (secondary N) is 1. The van der Waals surface area contributed by atoms with Crippen LogP contribution in [-0.4, -0.2) is 23.8 Å². The van der Waals surface area contributed by atoms with Gasteiger partial charge in [0.15, 0.2) is 0 Å². The van der Waals surface area contributed by atoms with E-state index in [9.17, 15) is 5.11 Å². The van der Waals surface area contributed by atoms with Crippen LogP contribution in [0.1, 0.15) is 52.9 Å². The lowest BCUT2D eigenvalue weighted by Gasteiger charge is -2.20. The maximum absolute atomic E-state index is 9.37. The Bertz CT molecular complexity index is 166. The quantitative estimate of drug-likeness (QED) is 0.617. The zero-order valence-electron chi connectivity index (χ0n) is 9.84. The molecule has 84 valence electrons. The molecule has 2 atom stereocenters. The van der Waals surface area contributed by atoms with E-state index in [2.05, 4.69) is 19.2 Å². The van der Waals surface area contributed by atoms with E-state index >= 15 is 0 Å². The molecule has 1 saturated carbocycles. The molecule has 2 N–H and O–H groups in total. The zero-order valence-corrected chi connectivity index (χ0v) is 9.84. The first-order valence-electron chi connectivity index (χ1n) is 6.00. The number of hydrogen-bond donors (Lipinski definition) is 2. The Hall–Kier alpha value is -0.0800. The van der Waals surface area contributed by atoms with Crippen molar-refractivity contribution < 1.29 is 5.11 Å².